The highest BCUT2D eigenvalue weighted by atomic mass is 19.4. The molecule has 0 radical (unpaired) electrons. The van der Waals surface area contributed by atoms with Gasteiger partial charge in [0.05, 0.1) is 12.3 Å². The number of pyridine rings is 1. The van der Waals surface area contributed by atoms with Gasteiger partial charge in [-0.3, -0.25) is 0 Å². The molecule has 0 amide bonds. The largest absolute Gasteiger partial charge is 0.419 e. The van der Waals surface area contributed by atoms with Gasteiger partial charge in [0, 0.05) is 61.0 Å². The van der Waals surface area contributed by atoms with E-state index in [1.807, 2.05) is 12.1 Å². The van der Waals surface area contributed by atoms with Crippen LogP contribution in [0.4, 0.5) is 24.9 Å². The van der Waals surface area contributed by atoms with E-state index in [1.165, 1.54) is 0 Å². The Kier molecular flexibility index (Phi) is 5.99. The summed E-state index contributed by atoms with van der Waals surface area (Å²) < 4.78 is 47.5. The van der Waals surface area contributed by atoms with Gasteiger partial charge < -0.3 is 25.3 Å². The van der Waals surface area contributed by atoms with Crippen molar-refractivity contribution in [3.63, 3.8) is 0 Å². The van der Waals surface area contributed by atoms with Gasteiger partial charge in [-0.15, -0.1) is 0 Å². The predicted molar refractivity (Wildman–Crippen MR) is 131 cm³/mol. The molecule has 8 nitrogen and oxygen atoms in total. The van der Waals surface area contributed by atoms with Gasteiger partial charge in [-0.1, -0.05) is 0 Å². The molecular weight excluding hydrogens is 471 g/mol. The van der Waals surface area contributed by atoms with E-state index in [0.717, 1.165) is 83.5 Å². The van der Waals surface area contributed by atoms with Crippen LogP contribution in [0.2, 0.25) is 0 Å². The Hall–Kier alpha value is -2.92. The van der Waals surface area contributed by atoms with E-state index in [1.54, 1.807) is 6.20 Å². The van der Waals surface area contributed by atoms with E-state index in [-0.39, 0.29) is 23.1 Å². The fourth-order valence-corrected chi connectivity index (χ4v) is 5.76. The Morgan fingerprint density at radius 1 is 1.17 bits per heavy atom. The number of anilines is 2. The van der Waals surface area contributed by atoms with Crippen molar-refractivity contribution in [3.8, 4) is 11.3 Å². The van der Waals surface area contributed by atoms with Gasteiger partial charge in [-0.25, -0.2) is 15.0 Å². The monoisotopic (exact) mass is 501 g/mol. The molecule has 3 aromatic heterocycles. The maximum Gasteiger partial charge on any atom is 0.419 e. The van der Waals surface area contributed by atoms with Crippen molar-refractivity contribution in [2.24, 2.45) is 5.41 Å². The molecule has 6 rings (SSSR count). The zero-order valence-corrected chi connectivity index (χ0v) is 20.0. The van der Waals surface area contributed by atoms with Crippen LogP contribution in [0.5, 0.6) is 0 Å². The van der Waals surface area contributed by atoms with Gasteiger partial charge in [0.15, 0.2) is 0 Å². The van der Waals surface area contributed by atoms with Crippen molar-refractivity contribution in [2.75, 3.05) is 49.6 Å². The quantitative estimate of drug-likeness (QED) is 0.493. The lowest BCUT2D eigenvalue weighted by molar-refractivity contribution is -0.137. The van der Waals surface area contributed by atoms with Crippen LogP contribution in [0.15, 0.2) is 24.5 Å². The number of ether oxygens (including phenoxy) is 1. The lowest BCUT2D eigenvalue weighted by Crippen LogP contribution is -2.44. The zero-order valence-electron chi connectivity index (χ0n) is 20.0. The highest BCUT2D eigenvalue weighted by molar-refractivity contribution is 5.94. The average molecular weight is 502 g/mol. The molecule has 11 heteroatoms. The van der Waals surface area contributed by atoms with Gasteiger partial charge in [0.1, 0.15) is 17.0 Å². The predicted octanol–water partition coefficient (Wildman–Crippen LogP) is 4.21. The third-order valence-electron chi connectivity index (χ3n) is 7.67. The molecule has 2 atom stereocenters. The minimum atomic E-state index is -4.58. The summed E-state index contributed by atoms with van der Waals surface area (Å²) in [6.07, 6.45) is 3.04. The first kappa shape index (κ1) is 23.5. The normalized spacial score (nSPS) is 25.1. The number of piperidine rings is 2. The van der Waals surface area contributed by atoms with Crippen LogP contribution in [0.25, 0.3) is 22.3 Å². The maximum absolute atomic E-state index is 13.9. The summed E-state index contributed by atoms with van der Waals surface area (Å²) in [5, 5.41) is 7.08. The van der Waals surface area contributed by atoms with Crippen LogP contribution in [0, 0.1) is 5.41 Å². The van der Waals surface area contributed by atoms with Crippen LogP contribution in [-0.2, 0) is 10.9 Å². The van der Waals surface area contributed by atoms with Crippen molar-refractivity contribution in [3.05, 3.63) is 30.1 Å². The second-order valence-corrected chi connectivity index (χ2v) is 10.2. The fourth-order valence-electron chi connectivity index (χ4n) is 5.76. The van der Waals surface area contributed by atoms with E-state index in [2.05, 4.69) is 30.5 Å². The molecule has 3 aliphatic heterocycles. The summed E-state index contributed by atoms with van der Waals surface area (Å²) in [5.41, 5.74) is 0.0734. The summed E-state index contributed by atoms with van der Waals surface area (Å²) in [6.45, 7) is 5.03. The van der Waals surface area contributed by atoms with Crippen LogP contribution < -0.4 is 15.5 Å². The van der Waals surface area contributed by atoms with Crippen molar-refractivity contribution >= 4 is 22.8 Å². The zero-order chi connectivity index (χ0) is 24.8. The molecule has 3 fully saturated rings. The fraction of sp³-hybridized carbons (Fsp3) is 0.560. The number of aromatic amines is 1. The number of halogens is 3. The molecule has 3 N–H and O–H groups in total. The summed E-state index contributed by atoms with van der Waals surface area (Å²) >= 11 is 0. The third kappa shape index (κ3) is 4.50. The molecule has 3 aromatic rings. The van der Waals surface area contributed by atoms with Gasteiger partial charge in [-0.05, 0) is 50.8 Å². The van der Waals surface area contributed by atoms with Gasteiger partial charge in [-0.2, -0.15) is 13.2 Å². The molecule has 2 unspecified atom stereocenters. The number of aromatic nitrogens is 4. The number of rotatable bonds is 4. The first-order valence-electron chi connectivity index (χ1n) is 12.6. The average Bonchev–Trinajstić information content (AvgIpc) is 3.50. The molecule has 0 aliphatic carbocycles. The second-order valence-electron chi connectivity index (χ2n) is 10.2. The second kappa shape index (κ2) is 9.19. The van der Waals surface area contributed by atoms with Gasteiger partial charge >= 0.3 is 6.18 Å². The Balaban J connectivity index is 1.33. The highest BCUT2D eigenvalue weighted by Crippen LogP contribution is 2.41. The Morgan fingerprint density at radius 2 is 2.08 bits per heavy atom. The third-order valence-corrected chi connectivity index (χ3v) is 7.67. The van der Waals surface area contributed by atoms with Crippen molar-refractivity contribution in [2.45, 2.75) is 44.3 Å². The molecule has 192 valence electrons. The highest BCUT2D eigenvalue weighted by Gasteiger charge is 2.39. The lowest BCUT2D eigenvalue weighted by Gasteiger charge is -2.40. The molecule has 6 heterocycles. The van der Waals surface area contributed by atoms with Crippen LogP contribution in [0.1, 0.15) is 37.7 Å². The number of alkyl halides is 3. The molecule has 0 aromatic carbocycles. The van der Waals surface area contributed by atoms with Crippen molar-refractivity contribution < 1.29 is 17.9 Å². The molecular formula is C25H30F3N7O. The number of hydrogen-bond acceptors (Lipinski definition) is 7. The van der Waals surface area contributed by atoms with Gasteiger partial charge in [0.25, 0.3) is 0 Å². The first-order chi connectivity index (χ1) is 17.4. The van der Waals surface area contributed by atoms with E-state index in [4.69, 9.17) is 9.72 Å². The first-order valence-corrected chi connectivity index (χ1v) is 12.6. The molecule has 1 spiro atoms. The van der Waals surface area contributed by atoms with Crippen molar-refractivity contribution in [1.82, 2.24) is 25.3 Å². The molecule has 0 saturated carbocycles. The Bertz CT molecular complexity index is 1230. The van der Waals surface area contributed by atoms with Crippen LogP contribution >= 0.6 is 0 Å². The smallest absolute Gasteiger partial charge is 0.381 e. The number of fused-ring (bicyclic) bond motifs is 1. The van der Waals surface area contributed by atoms with Crippen LogP contribution in [0.3, 0.4) is 0 Å². The Labute approximate surface area is 207 Å². The summed E-state index contributed by atoms with van der Waals surface area (Å²) in [6, 6.07) is 3.82. The van der Waals surface area contributed by atoms with Crippen LogP contribution in [-0.4, -0.2) is 65.4 Å². The van der Waals surface area contributed by atoms with E-state index < -0.39 is 11.7 Å². The topological polar surface area (TPSA) is 91.0 Å². The molecule has 3 saturated heterocycles. The van der Waals surface area contributed by atoms with E-state index in [0.29, 0.717) is 16.6 Å². The van der Waals surface area contributed by atoms with E-state index >= 15 is 0 Å². The van der Waals surface area contributed by atoms with Crippen molar-refractivity contribution in [1.29, 1.82) is 0 Å². The maximum atomic E-state index is 13.9. The molecule has 36 heavy (non-hydrogen) atoms. The van der Waals surface area contributed by atoms with Gasteiger partial charge in [0.2, 0.25) is 5.95 Å². The Morgan fingerprint density at radius 3 is 2.86 bits per heavy atom. The SMILES string of the molecule is FC(F)(F)c1cnc(NC2CCCNC2)nc1-c1c[nH]c2nc(N3CCCC4(CCOC4)C3)ccc12. The number of nitrogens with one attached hydrogen (secondary N) is 3. The summed E-state index contributed by atoms with van der Waals surface area (Å²) in [4.78, 5) is 18.5. The minimum absolute atomic E-state index is 0.0774. The van der Waals surface area contributed by atoms with E-state index in [9.17, 15) is 13.2 Å². The standard InChI is InChI=1S/C25H30F3N7O/c26-25(27,28)19-13-31-23(32-16-3-1-8-29-11-16)34-21(19)18-12-30-22-17(18)4-5-20(33-22)35-9-2-6-24(14-35)7-10-36-15-24/h4-5,12-13,16,29H,1-3,6-11,14-15H2,(H,30,33)(H,31,32,34). The number of H-pyrrole nitrogens is 1. The summed E-state index contributed by atoms with van der Waals surface area (Å²) in [7, 11) is 0. The number of hydrogen-bond donors (Lipinski definition) is 3. The summed E-state index contributed by atoms with van der Waals surface area (Å²) in [5.74, 6) is 1.02. The molecule has 0 bridgehead atoms. The number of nitrogens with zero attached hydrogens (tertiary/aromatic N) is 4. The lowest BCUT2D eigenvalue weighted by atomic mass is 9.79. The molecule has 3 aliphatic rings. The minimum Gasteiger partial charge on any atom is -0.381 e.